The molecule has 102 heavy (non-hydrogen) atoms. The fourth-order valence-electron chi connectivity index (χ4n) is 21.8. The third-order valence-electron chi connectivity index (χ3n) is 28.0. The first-order chi connectivity index (χ1) is 47.9. The smallest absolute Gasteiger partial charge is 0.449 e. The zero-order chi connectivity index (χ0) is 72.7. The van der Waals surface area contributed by atoms with Gasteiger partial charge in [0.15, 0.2) is 46.6 Å². The Morgan fingerprint density at radius 1 is 0.363 bits per heavy atom. The molecule has 8 bridgehead atoms. The molecule has 4 saturated carbocycles. The molecule has 32 atom stereocenters. The van der Waals surface area contributed by atoms with E-state index in [9.17, 15) is 46.8 Å². The van der Waals surface area contributed by atoms with E-state index < -0.39 is 169 Å². The molecule has 4 N–H and O–H groups in total. The Hall–Kier alpha value is -2.22. The van der Waals surface area contributed by atoms with Crippen LogP contribution in [0.4, 0.5) is 26.3 Å². The van der Waals surface area contributed by atoms with Crippen LogP contribution in [-0.4, -0.2) is 179 Å². The van der Waals surface area contributed by atoms with Gasteiger partial charge in [-0.3, -0.25) is 0 Å². The van der Waals surface area contributed by atoms with Gasteiger partial charge in [-0.1, -0.05) is 41.5 Å². The number of allylic oxidation sites excluding steroid dienone is 2. The lowest BCUT2D eigenvalue weighted by atomic mass is 9.57. The molecule has 0 aromatic rings. The minimum Gasteiger partial charge on any atom is -0.456 e. The van der Waals surface area contributed by atoms with Crippen LogP contribution in [0.15, 0.2) is 22.7 Å². The van der Waals surface area contributed by atoms with Crippen molar-refractivity contribution in [1.29, 1.82) is 0 Å². The van der Waals surface area contributed by atoms with Gasteiger partial charge in [0.25, 0.3) is 0 Å². The molecular formula is C72H106F6O24. The van der Waals surface area contributed by atoms with E-state index >= 15 is 0 Å². The van der Waals surface area contributed by atoms with Crippen LogP contribution in [0.3, 0.4) is 0 Å². The minimum atomic E-state index is -4.82. The molecule has 16 heterocycles. The molecule has 4 unspecified atom stereocenters. The highest BCUT2D eigenvalue weighted by Gasteiger charge is 2.76. The summed E-state index contributed by atoms with van der Waals surface area (Å²) in [5.41, 5.74) is -4.36. The van der Waals surface area contributed by atoms with E-state index in [0.717, 1.165) is 38.5 Å². The van der Waals surface area contributed by atoms with E-state index in [1.807, 2.05) is 27.7 Å². The Kier molecular flexibility index (Phi) is 19.3. The van der Waals surface area contributed by atoms with E-state index in [-0.39, 0.29) is 83.5 Å². The second-order valence-electron chi connectivity index (χ2n) is 34.2. The number of alkyl halides is 6. The van der Waals surface area contributed by atoms with Crippen molar-refractivity contribution in [1.82, 2.24) is 0 Å². The van der Waals surface area contributed by atoms with E-state index in [4.69, 9.17) is 95.9 Å². The Bertz CT molecular complexity index is 2970. The zero-order valence-corrected chi connectivity index (χ0v) is 60.5. The monoisotopic (exact) mass is 1470 g/mol. The molecule has 4 aliphatic carbocycles. The van der Waals surface area contributed by atoms with Gasteiger partial charge in [-0.2, -0.15) is 26.3 Å². The molecule has 20 aliphatic rings. The Balaban J connectivity index is 0.000000165. The molecule has 0 aromatic carbocycles. The molecule has 30 heteroatoms. The van der Waals surface area contributed by atoms with Crippen LogP contribution in [0, 0.1) is 82.9 Å². The number of halogens is 6. The maximum absolute atomic E-state index is 14.5. The summed E-state index contributed by atoms with van der Waals surface area (Å²) in [6.45, 7) is 20.7. The fourth-order valence-corrected chi connectivity index (χ4v) is 21.8. The van der Waals surface area contributed by atoms with Gasteiger partial charge in [-0.05, 0) is 154 Å². The summed E-state index contributed by atoms with van der Waals surface area (Å²) in [5.74, 6) is -9.94. The summed E-state index contributed by atoms with van der Waals surface area (Å²) in [4.78, 5) is 47.6. The number of ether oxygens (including phenoxy) is 12. The normalized spacial score (nSPS) is 51.5. The van der Waals surface area contributed by atoms with Crippen molar-refractivity contribution in [3.63, 3.8) is 0 Å². The highest BCUT2D eigenvalue weighted by atomic mass is 19.4. The third-order valence-corrected chi connectivity index (χ3v) is 28.0. The molecule has 18 fully saturated rings. The molecule has 24 nitrogen and oxygen atoms in total. The van der Waals surface area contributed by atoms with Gasteiger partial charge in [-0.25, -0.2) is 39.1 Å². The molecule has 4 spiro atoms. The lowest BCUT2D eigenvalue weighted by molar-refractivity contribution is -0.586. The number of aliphatic hydroxyl groups is 4. The van der Waals surface area contributed by atoms with Crippen LogP contribution in [0.2, 0.25) is 0 Å². The average molecular weight is 1470 g/mol. The summed E-state index contributed by atoms with van der Waals surface area (Å²) < 4.78 is 161. The lowest BCUT2D eigenvalue weighted by Crippen LogP contribution is -2.73. The van der Waals surface area contributed by atoms with Crippen molar-refractivity contribution in [2.75, 3.05) is 39.6 Å². The second-order valence-corrected chi connectivity index (χ2v) is 34.2. The first kappa shape index (κ1) is 75.2. The SMILES string of the molecule is C[C@@H]1CC[C@H]2C(COC[C@@H](O)[C@H](O)CO[C@@]3(C)O[C@@H]4O[C@]5(C)CCC6[C@H](C)CC[C@@H]([C@H]3C)[C@]64OO5)=C(C(F)(F)F)O[C@@H]3O[C@]4(C)CCC1[C@]32OO4.C[C@@H]1CC[C@H]2C(COC[C@H](O)[C@@H](O)CO[C@@]3(C)O[C@@H]4O[C@]5(C)CCC6[C@H](C)CC[C@@H]([C@H]3C)[C@]64OO5)=C(C(F)(F)F)O[C@@H]3O[C@]4(C)CCC1[C@]32OO4. The number of rotatable bonds is 16. The predicted molar refractivity (Wildman–Crippen MR) is 334 cm³/mol. The highest BCUT2D eigenvalue weighted by Crippen LogP contribution is 2.67. The standard InChI is InChI=1S/2C36H53F3O12/c2*1-18-7-9-24-20(3)33(6,47-30-34(24)22(18)11-14-32(5,46-30)49-50-34)43-17-27(41)26(40)16-42-15-21-25-10-8-19(2)23-12-13-31(4)45-29(35(23,25)51-48-31)44-28(21)36(37,38)39/h2*18-20,22-27,29-30,40-41H,7-17H2,1-6H3/t18-,19-,20-,22?,23?,24+,25+,26+,27+,29-,30+,31+,32+,33+,34-,35-;18-,19-,20-,22?,23?,24+,25+,26-,27-,29-,30+,31+,32+,33+,34-,35-/m11/s1. The van der Waals surface area contributed by atoms with Gasteiger partial charge in [0.05, 0.1) is 39.6 Å². The molecule has 580 valence electrons. The maximum Gasteiger partial charge on any atom is 0.449 e. The van der Waals surface area contributed by atoms with Crippen molar-refractivity contribution < 1.29 is 143 Å². The first-order valence-corrected chi connectivity index (χ1v) is 37.5. The van der Waals surface area contributed by atoms with Gasteiger partial charge in [0.2, 0.25) is 47.2 Å². The van der Waals surface area contributed by atoms with Crippen molar-refractivity contribution in [2.45, 2.75) is 305 Å². The number of hydrogen-bond donors (Lipinski definition) is 4. The molecule has 0 radical (unpaired) electrons. The second kappa shape index (κ2) is 26.2. The van der Waals surface area contributed by atoms with Crippen molar-refractivity contribution in [3.05, 3.63) is 22.7 Å². The number of hydrogen-bond acceptors (Lipinski definition) is 24. The van der Waals surface area contributed by atoms with Crippen molar-refractivity contribution in [3.8, 4) is 0 Å². The Labute approximate surface area is 590 Å². The minimum absolute atomic E-state index is 0.0168. The first-order valence-electron chi connectivity index (χ1n) is 37.5. The molecule has 16 aliphatic heterocycles. The third kappa shape index (κ3) is 12.0. The van der Waals surface area contributed by atoms with Crippen LogP contribution in [-0.2, 0) is 95.9 Å². The van der Waals surface area contributed by atoms with Crippen LogP contribution in [0.25, 0.3) is 0 Å². The topological polar surface area (TPSA) is 266 Å². The summed E-state index contributed by atoms with van der Waals surface area (Å²) in [7, 11) is 0. The van der Waals surface area contributed by atoms with E-state index in [0.29, 0.717) is 76.0 Å². The highest BCUT2D eigenvalue weighted by molar-refractivity contribution is 5.30. The zero-order valence-electron chi connectivity index (χ0n) is 60.5. The summed E-state index contributed by atoms with van der Waals surface area (Å²) in [5, 5.41) is 43.9. The van der Waals surface area contributed by atoms with Gasteiger partial charge >= 0.3 is 12.4 Å². The van der Waals surface area contributed by atoms with E-state index in [1.165, 1.54) is 0 Å². The lowest BCUT2D eigenvalue weighted by Gasteiger charge is -2.62. The molecule has 0 amide bonds. The van der Waals surface area contributed by atoms with E-state index in [2.05, 4.69) is 27.7 Å². The molecule has 20 rings (SSSR count). The Morgan fingerprint density at radius 3 is 0.990 bits per heavy atom. The quantitative estimate of drug-likeness (QED) is 0.0826. The summed E-state index contributed by atoms with van der Waals surface area (Å²) in [6.07, 6.45) is -8.42. The Morgan fingerprint density at radius 2 is 0.657 bits per heavy atom. The molecule has 14 saturated heterocycles. The van der Waals surface area contributed by atoms with Gasteiger partial charge in [-0.15, -0.1) is 0 Å². The van der Waals surface area contributed by atoms with Crippen LogP contribution in [0.5, 0.6) is 0 Å². The number of fused-ring (bicyclic) bond motifs is 8. The summed E-state index contributed by atoms with van der Waals surface area (Å²) in [6, 6.07) is 0. The van der Waals surface area contributed by atoms with Crippen molar-refractivity contribution in [2.24, 2.45) is 82.9 Å². The maximum atomic E-state index is 14.5. The molecular weight excluding hydrogens is 1360 g/mol. The van der Waals surface area contributed by atoms with Gasteiger partial charge in [0, 0.05) is 84.2 Å². The van der Waals surface area contributed by atoms with Gasteiger partial charge in [0.1, 0.15) is 24.4 Å². The van der Waals surface area contributed by atoms with E-state index in [1.54, 1.807) is 27.7 Å². The van der Waals surface area contributed by atoms with Crippen LogP contribution < -0.4 is 0 Å². The van der Waals surface area contributed by atoms with Crippen LogP contribution in [0.1, 0.15) is 186 Å². The predicted octanol–water partition coefficient (Wildman–Crippen LogP) is 10.8. The largest absolute Gasteiger partial charge is 0.456 e. The van der Waals surface area contributed by atoms with Crippen LogP contribution >= 0.6 is 0 Å². The summed E-state index contributed by atoms with van der Waals surface area (Å²) >= 11 is 0. The fraction of sp³-hybridized carbons (Fsp3) is 0.944. The average Bonchev–Trinajstić information content (AvgIpc) is 1.29. The molecule has 0 aromatic heterocycles. The number of aliphatic hydroxyl groups excluding tert-OH is 4. The van der Waals surface area contributed by atoms with Crippen molar-refractivity contribution >= 4 is 0 Å². The van der Waals surface area contributed by atoms with Gasteiger partial charge < -0.3 is 77.3 Å².